The predicted molar refractivity (Wildman–Crippen MR) is 96.0 cm³/mol. The third-order valence-electron chi connectivity index (χ3n) is 4.61. The average Bonchev–Trinajstić information content (AvgIpc) is 2.88. The van der Waals surface area contributed by atoms with Gasteiger partial charge in [0.25, 0.3) is 5.91 Å². The van der Waals surface area contributed by atoms with E-state index in [2.05, 4.69) is 11.0 Å². The van der Waals surface area contributed by atoms with E-state index in [-0.39, 0.29) is 11.8 Å². The van der Waals surface area contributed by atoms with Crippen LogP contribution >= 0.6 is 0 Å². The molecule has 0 bridgehead atoms. The van der Waals surface area contributed by atoms with Gasteiger partial charge in [0.05, 0.1) is 18.2 Å². The first-order chi connectivity index (χ1) is 12.1. The fourth-order valence-corrected chi connectivity index (χ4v) is 3.07. The molecule has 0 radical (unpaired) electrons. The first-order valence-corrected chi connectivity index (χ1v) is 8.88. The molecule has 2 rings (SSSR count). The van der Waals surface area contributed by atoms with Gasteiger partial charge < -0.3 is 9.80 Å². The molecule has 1 aliphatic rings. The Balaban J connectivity index is 1.93. The molecule has 6 heteroatoms. The lowest BCUT2D eigenvalue weighted by molar-refractivity contribution is -0.132. The van der Waals surface area contributed by atoms with Crippen molar-refractivity contribution in [3.63, 3.8) is 0 Å². The molecule has 25 heavy (non-hydrogen) atoms. The lowest BCUT2D eigenvalue weighted by atomic mass is 10.1. The van der Waals surface area contributed by atoms with Gasteiger partial charge in [-0.1, -0.05) is 0 Å². The van der Waals surface area contributed by atoms with E-state index in [9.17, 15) is 9.59 Å². The van der Waals surface area contributed by atoms with Crippen molar-refractivity contribution in [3.8, 4) is 6.07 Å². The molecule has 2 amide bonds. The van der Waals surface area contributed by atoms with Gasteiger partial charge in [0.15, 0.2) is 0 Å². The van der Waals surface area contributed by atoms with Crippen LogP contribution in [0.2, 0.25) is 0 Å². The summed E-state index contributed by atoms with van der Waals surface area (Å²) in [7, 11) is 0. The zero-order chi connectivity index (χ0) is 18.2. The highest BCUT2D eigenvalue weighted by atomic mass is 16.2. The summed E-state index contributed by atoms with van der Waals surface area (Å²) >= 11 is 0. The molecule has 134 valence electrons. The molecule has 0 N–H and O–H groups in total. The van der Waals surface area contributed by atoms with Crippen LogP contribution < -0.4 is 0 Å². The smallest absolute Gasteiger partial charge is 0.253 e. The average molecular weight is 342 g/mol. The Hall–Kier alpha value is -2.39. The molecule has 0 atom stereocenters. The third kappa shape index (κ3) is 5.04. The Kier molecular flexibility index (Phi) is 6.96. The fraction of sp³-hybridized carbons (Fsp3) is 0.526. The number of likely N-dealkylation sites (N-methyl/N-ethyl adjacent to an activating group) is 1. The molecule has 1 heterocycles. The van der Waals surface area contributed by atoms with Gasteiger partial charge in [0, 0.05) is 44.8 Å². The second-order valence-corrected chi connectivity index (χ2v) is 6.18. The molecule has 0 aliphatic carbocycles. The molecule has 6 nitrogen and oxygen atoms in total. The van der Waals surface area contributed by atoms with E-state index in [1.165, 1.54) is 0 Å². The van der Waals surface area contributed by atoms with E-state index in [1.54, 1.807) is 24.3 Å². The highest BCUT2D eigenvalue weighted by molar-refractivity contribution is 5.94. The summed E-state index contributed by atoms with van der Waals surface area (Å²) in [5, 5.41) is 8.85. The van der Waals surface area contributed by atoms with E-state index in [1.807, 2.05) is 23.6 Å². The highest BCUT2D eigenvalue weighted by Gasteiger charge is 2.22. The summed E-state index contributed by atoms with van der Waals surface area (Å²) in [4.78, 5) is 30.7. The Morgan fingerprint density at radius 1 is 1.08 bits per heavy atom. The highest BCUT2D eigenvalue weighted by Crippen LogP contribution is 2.11. The van der Waals surface area contributed by atoms with Crippen LogP contribution in [0, 0.1) is 11.3 Å². The van der Waals surface area contributed by atoms with Crippen molar-refractivity contribution in [2.45, 2.75) is 20.3 Å². The van der Waals surface area contributed by atoms with Gasteiger partial charge in [0.2, 0.25) is 5.91 Å². The number of carbonyl (C=O) groups is 2. The second-order valence-electron chi connectivity index (χ2n) is 6.18. The topological polar surface area (TPSA) is 67.7 Å². The van der Waals surface area contributed by atoms with Gasteiger partial charge in [-0.2, -0.15) is 5.26 Å². The molecule has 0 spiro atoms. The minimum absolute atomic E-state index is 0.0126. The molecule has 0 unspecified atom stereocenters. The third-order valence-corrected chi connectivity index (χ3v) is 4.61. The molecule has 0 aromatic heterocycles. The summed E-state index contributed by atoms with van der Waals surface area (Å²) < 4.78 is 0. The number of rotatable bonds is 5. The van der Waals surface area contributed by atoms with Crippen molar-refractivity contribution in [1.82, 2.24) is 14.7 Å². The van der Waals surface area contributed by atoms with Gasteiger partial charge in [-0.05, 0) is 44.5 Å². The normalized spacial score (nSPS) is 15.3. The number of amides is 2. The lowest BCUT2D eigenvalue weighted by Crippen LogP contribution is -2.42. The molecule has 1 aromatic rings. The summed E-state index contributed by atoms with van der Waals surface area (Å²) in [5.74, 6) is 0.137. The van der Waals surface area contributed by atoms with E-state index in [0.29, 0.717) is 37.3 Å². The van der Waals surface area contributed by atoms with Crippen LogP contribution in [-0.4, -0.2) is 72.3 Å². The standard InChI is InChI=1S/C19H26N4O2/c1-3-22(4-2)18(24)15-21-10-5-11-23(13-12-21)19(25)17-8-6-16(14-20)7-9-17/h6-9H,3-5,10-13,15H2,1-2H3. The molecule has 0 saturated carbocycles. The summed E-state index contributed by atoms with van der Waals surface area (Å²) in [6.07, 6.45) is 0.855. The van der Waals surface area contributed by atoms with Crippen molar-refractivity contribution in [2.75, 3.05) is 45.8 Å². The number of benzene rings is 1. The molecule has 1 fully saturated rings. The van der Waals surface area contributed by atoms with Gasteiger partial charge in [-0.3, -0.25) is 14.5 Å². The van der Waals surface area contributed by atoms with Crippen molar-refractivity contribution < 1.29 is 9.59 Å². The fourth-order valence-electron chi connectivity index (χ4n) is 3.07. The van der Waals surface area contributed by atoms with Crippen LogP contribution in [0.3, 0.4) is 0 Å². The Morgan fingerprint density at radius 3 is 2.36 bits per heavy atom. The maximum atomic E-state index is 12.6. The molecule has 1 aromatic carbocycles. The zero-order valence-corrected chi connectivity index (χ0v) is 15.1. The van der Waals surface area contributed by atoms with Crippen LogP contribution in [0.4, 0.5) is 0 Å². The van der Waals surface area contributed by atoms with Gasteiger partial charge in [-0.25, -0.2) is 0 Å². The monoisotopic (exact) mass is 342 g/mol. The summed E-state index contributed by atoms with van der Waals surface area (Å²) in [6.45, 7) is 8.68. The zero-order valence-electron chi connectivity index (χ0n) is 15.1. The predicted octanol–water partition coefficient (Wildman–Crippen LogP) is 1.57. The van der Waals surface area contributed by atoms with Crippen molar-refractivity contribution in [2.24, 2.45) is 0 Å². The van der Waals surface area contributed by atoms with Crippen LogP contribution in [-0.2, 0) is 4.79 Å². The van der Waals surface area contributed by atoms with E-state index in [4.69, 9.17) is 5.26 Å². The number of carbonyl (C=O) groups excluding carboxylic acids is 2. The number of hydrogen-bond donors (Lipinski definition) is 0. The first kappa shape index (κ1) is 18.9. The molecule has 1 saturated heterocycles. The van der Waals surface area contributed by atoms with E-state index < -0.39 is 0 Å². The largest absolute Gasteiger partial charge is 0.342 e. The van der Waals surface area contributed by atoms with Gasteiger partial charge >= 0.3 is 0 Å². The van der Waals surface area contributed by atoms with Crippen LogP contribution in [0.25, 0.3) is 0 Å². The number of nitriles is 1. The van der Waals surface area contributed by atoms with Crippen LogP contribution in [0.5, 0.6) is 0 Å². The van der Waals surface area contributed by atoms with Crippen LogP contribution in [0.15, 0.2) is 24.3 Å². The van der Waals surface area contributed by atoms with Crippen molar-refractivity contribution >= 4 is 11.8 Å². The lowest BCUT2D eigenvalue weighted by Gasteiger charge is -2.25. The summed E-state index contributed by atoms with van der Waals surface area (Å²) in [5.41, 5.74) is 1.15. The molecular formula is C19H26N4O2. The minimum Gasteiger partial charge on any atom is -0.342 e. The van der Waals surface area contributed by atoms with E-state index in [0.717, 1.165) is 26.1 Å². The van der Waals surface area contributed by atoms with Crippen molar-refractivity contribution in [1.29, 1.82) is 5.26 Å². The molecule has 1 aliphatic heterocycles. The Bertz CT molecular complexity index is 632. The number of nitrogens with zero attached hydrogens (tertiary/aromatic N) is 4. The van der Waals surface area contributed by atoms with Crippen molar-refractivity contribution in [3.05, 3.63) is 35.4 Å². The second kappa shape index (κ2) is 9.19. The number of hydrogen-bond acceptors (Lipinski definition) is 4. The minimum atomic E-state index is -0.0126. The van der Waals surface area contributed by atoms with Crippen LogP contribution in [0.1, 0.15) is 36.2 Å². The maximum Gasteiger partial charge on any atom is 0.253 e. The Morgan fingerprint density at radius 2 is 1.76 bits per heavy atom. The van der Waals surface area contributed by atoms with Gasteiger partial charge in [-0.15, -0.1) is 0 Å². The molecular weight excluding hydrogens is 316 g/mol. The quantitative estimate of drug-likeness (QED) is 0.815. The SMILES string of the molecule is CCN(CC)C(=O)CN1CCCN(C(=O)c2ccc(C#N)cc2)CC1. The summed E-state index contributed by atoms with van der Waals surface area (Å²) in [6, 6.07) is 8.79. The Labute approximate surface area is 149 Å². The van der Waals surface area contributed by atoms with E-state index >= 15 is 0 Å². The first-order valence-electron chi connectivity index (χ1n) is 8.88. The maximum absolute atomic E-state index is 12.6. The van der Waals surface area contributed by atoms with Gasteiger partial charge in [0.1, 0.15) is 0 Å².